The van der Waals surface area contributed by atoms with E-state index in [1.807, 2.05) is 0 Å². The van der Waals surface area contributed by atoms with Crippen molar-refractivity contribution < 1.29 is 9.66 Å². The van der Waals surface area contributed by atoms with E-state index in [1.165, 1.54) is 6.92 Å². The molecule has 0 spiro atoms. The van der Waals surface area contributed by atoms with E-state index in [9.17, 15) is 10.1 Å². The lowest BCUT2D eigenvalue weighted by Gasteiger charge is -2.10. The standard InChI is InChI=1S/C12H12BrN5O3/c1-6-10(18(19)20)11(17-12(14)15-6)16-7-3-4-9(21-2)8(13)5-7/h3-5H,1-2H3,(H3,14,15,16,17). The Bertz CT molecular complexity index is 708. The number of nitrogens with one attached hydrogen (secondary N) is 1. The van der Waals surface area contributed by atoms with Crippen LogP contribution in [0.25, 0.3) is 0 Å². The Labute approximate surface area is 128 Å². The maximum Gasteiger partial charge on any atom is 0.332 e. The Balaban J connectivity index is 2.44. The van der Waals surface area contributed by atoms with Crippen LogP contribution in [-0.4, -0.2) is 22.0 Å². The number of nitrogen functional groups attached to an aromatic ring is 1. The lowest BCUT2D eigenvalue weighted by Crippen LogP contribution is -2.07. The molecule has 0 radical (unpaired) electrons. The summed E-state index contributed by atoms with van der Waals surface area (Å²) >= 11 is 3.34. The fourth-order valence-corrected chi connectivity index (χ4v) is 2.32. The van der Waals surface area contributed by atoms with Gasteiger partial charge in [0, 0.05) is 5.69 Å². The maximum atomic E-state index is 11.1. The van der Waals surface area contributed by atoms with Gasteiger partial charge in [-0.1, -0.05) is 0 Å². The number of rotatable bonds is 4. The first kappa shape index (κ1) is 15.0. The van der Waals surface area contributed by atoms with Gasteiger partial charge in [-0.25, -0.2) is 4.98 Å². The first-order chi connectivity index (χ1) is 9.92. The normalized spacial score (nSPS) is 10.2. The van der Waals surface area contributed by atoms with Crippen molar-refractivity contribution in [1.29, 1.82) is 0 Å². The number of aryl methyl sites for hydroxylation is 1. The molecule has 0 aliphatic rings. The van der Waals surface area contributed by atoms with Crippen LogP contribution in [0.3, 0.4) is 0 Å². The average Bonchev–Trinajstić information content (AvgIpc) is 2.37. The van der Waals surface area contributed by atoms with Gasteiger partial charge >= 0.3 is 5.69 Å². The third kappa shape index (κ3) is 3.19. The molecular weight excluding hydrogens is 342 g/mol. The molecule has 8 nitrogen and oxygen atoms in total. The average molecular weight is 354 g/mol. The topological polar surface area (TPSA) is 116 Å². The second-order valence-electron chi connectivity index (χ2n) is 4.10. The Morgan fingerprint density at radius 2 is 2.14 bits per heavy atom. The molecule has 1 aromatic heterocycles. The number of hydrogen-bond donors (Lipinski definition) is 2. The smallest absolute Gasteiger partial charge is 0.332 e. The highest BCUT2D eigenvalue weighted by Gasteiger charge is 2.21. The number of ether oxygens (including phenoxy) is 1. The van der Waals surface area contributed by atoms with Crippen LogP contribution in [0.4, 0.5) is 23.1 Å². The zero-order valence-electron chi connectivity index (χ0n) is 11.3. The SMILES string of the molecule is COc1ccc(Nc2nc(N)nc(C)c2[N+](=O)[O-])cc1Br. The molecular formula is C12H12BrN5O3. The van der Waals surface area contributed by atoms with Crippen molar-refractivity contribution in [1.82, 2.24) is 9.97 Å². The minimum Gasteiger partial charge on any atom is -0.496 e. The lowest BCUT2D eigenvalue weighted by atomic mass is 10.3. The molecule has 0 fully saturated rings. The molecule has 0 aliphatic heterocycles. The second kappa shape index (κ2) is 5.92. The molecule has 0 saturated carbocycles. The van der Waals surface area contributed by atoms with Crippen molar-refractivity contribution in [3.05, 3.63) is 38.5 Å². The van der Waals surface area contributed by atoms with E-state index in [1.54, 1.807) is 25.3 Å². The van der Waals surface area contributed by atoms with Gasteiger partial charge < -0.3 is 15.8 Å². The van der Waals surface area contributed by atoms with Crippen LogP contribution in [0.5, 0.6) is 5.75 Å². The number of nitrogens with zero attached hydrogens (tertiary/aromatic N) is 3. The number of aromatic nitrogens is 2. The molecule has 21 heavy (non-hydrogen) atoms. The summed E-state index contributed by atoms with van der Waals surface area (Å²) in [5.74, 6) is 0.656. The summed E-state index contributed by atoms with van der Waals surface area (Å²) in [5.41, 5.74) is 6.13. The third-order valence-corrected chi connectivity index (χ3v) is 3.29. The molecule has 0 atom stereocenters. The highest BCUT2D eigenvalue weighted by Crippen LogP contribution is 2.32. The minimum absolute atomic E-state index is 0.0341. The second-order valence-corrected chi connectivity index (χ2v) is 4.95. The number of halogens is 1. The molecule has 2 rings (SSSR count). The fourth-order valence-electron chi connectivity index (χ4n) is 1.78. The Hall–Kier alpha value is -2.42. The van der Waals surface area contributed by atoms with Gasteiger partial charge in [-0.15, -0.1) is 0 Å². The van der Waals surface area contributed by atoms with E-state index in [-0.39, 0.29) is 23.1 Å². The molecule has 1 aromatic carbocycles. The Morgan fingerprint density at radius 3 is 2.71 bits per heavy atom. The number of nitro groups is 1. The number of methoxy groups -OCH3 is 1. The summed E-state index contributed by atoms with van der Waals surface area (Å²) < 4.78 is 5.83. The molecule has 0 saturated heterocycles. The maximum absolute atomic E-state index is 11.1. The molecule has 1 heterocycles. The molecule has 2 aromatic rings. The summed E-state index contributed by atoms with van der Waals surface area (Å²) in [6.45, 7) is 1.51. The summed E-state index contributed by atoms with van der Waals surface area (Å²) in [7, 11) is 1.55. The monoisotopic (exact) mass is 353 g/mol. The van der Waals surface area contributed by atoms with Crippen LogP contribution in [0.1, 0.15) is 5.69 Å². The Morgan fingerprint density at radius 1 is 1.43 bits per heavy atom. The van der Waals surface area contributed by atoms with Crippen molar-refractivity contribution in [3.63, 3.8) is 0 Å². The molecule has 3 N–H and O–H groups in total. The van der Waals surface area contributed by atoms with E-state index in [0.29, 0.717) is 15.9 Å². The predicted molar refractivity (Wildman–Crippen MR) is 81.8 cm³/mol. The van der Waals surface area contributed by atoms with Crippen molar-refractivity contribution in [2.24, 2.45) is 0 Å². The third-order valence-electron chi connectivity index (χ3n) is 2.67. The van der Waals surface area contributed by atoms with E-state index in [0.717, 1.165) is 0 Å². The van der Waals surface area contributed by atoms with Crippen LogP contribution < -0.4 is 15.8 Å². The van der Waals surface area contributed by atoms with Crippen molar-refractivity contribution in [2.75, 3.05) is 18.2 Å². The van der Waals surface area contributed by atoms with Gasteiger partial charge in [-0.3, -0.25) is 10.1 Å². The van der Waals surface area contributed by atoms with Crippen LogP contribution in [-0.2, 0) is 0 Å². The number of nitrogens with two attached hydrogens (primary N) is 1. The van der Waals surface area contributed by atoms with E-state index >= 15 is 0 Å². The number of anilines is 3. The van der Waals surface area contributed by atoms with Crippen LogP contribution in [0, 0.1) is 17.0 Å². The van der Waals surface area contributed by atoms with Gasteiger partial charge in [0.2, 0.25) is 11.8 Å². The molecule has 0 amide bonds. The van der Waals surface area contributed by atoms with Crippen molar-refractivity contribution >= 4 is 39.1 Å². The lowest BCUT2D eigenvalue weighted by molar-refractivity contribution is -0.385. The quantitative estimate of drug-likeness (QED) is 0.640. The van der Waals surface area contributed by atoms with Gasteiger partial charge in [-0.05, 0) is 41.1 Å². The summed E-state index contributed by atoms with van der Waals surface area (Å²) in [6.07, 6.45) is 0. The fraction of sp³-hybridized carbons (Fsp3) is 0.167. The zero-order chi connectivity index (χ0) is 15.6. The number of benzene rings is 1. The summed E-state index contributed by atoms with van der Waals surface area (Å²) in [4.78, 5) is 18.3. The van der Waals surface area contributed by atoms with Gasteiger partial charge in [0.05, 0.1) is 16.5 Å². The molecule has 0 unspecified atom stereocenters. The first-order valence-electron chi connectivity index (χ1n) is 5.81. The van der Waals surface area contributed by atoms with Gasteiger partial charge in [0.1, 0.15) is 11.4 Å². The molecule has 0 aliphatic carbocycles. The van der Waals surface area contributed by atoms with Gasteiger partial charge in [0.15, 0.2) is 0 Å². The van der Waals surface area contributed by atoms with Crippen LogP contribution in [0.2, 0.25) is 0 Å². The number of hydrogen-bond acceptors (Lipinski definition) is 7. The zero-order valence-corrected chi connectivity index (χ0v) is 12.8. The van der Waals surface area contributed by atoms with Crippen molar-refractivity contribution in [3.8, 4) is 5.75 Å². The van der Waals surface area contributed by atoms with Crippen LogP contribution >= 0.6 is 15.9 Å². The summed E-state index contributed by atoms with van der Waals surface area (Å²) in [6, 6.07) is 5.15. The first-order valence-corrected chi connectivity index (χ1v) is 6.60. The predicted octanol–water partition coefficient (Wildman–Crippen LogP) is 2.79. The minimum atomic E-state index is -0.546. The highest BCUT2D eigenvalue weighted by atomic mass is 79.9. The van der Waals surface area contributed by atoms with Gasteiger partial charge in [-0.2, -0.15) is 4.98 Å². The van der Waals surface area contributed by atoms with Crippen LogP contribution in [0.15, 0.2) is 22.7 Å². The summed E-state index contributed by atoms with van der Waals surface area (Å²) in [5, 5.41) is 14.0. The van der Waals surface area contributed by atoms with E-state index < -0.39 is 4.92 Å². The van der Waals surface area contributed by atoms with E-state index in [4.69, 9.17) is 10.5 Å². The molecule has 110 valence electrons. The van der Waals surface area contributed by atoms with Crippen molar-refractivity contribution in [2.45, 2.75) is 6.92 Å². The van der Waals surface area contributed by atoms with E-state index in [2.05, 4.69) is 31.2 Å². The Kier molecular flexibility index (Phi) is 4.22. The molecule has 9 heteroatoms. The van der Waals surface area contributed by atoms with Gasteiger partial charge in [0.25, 0.3) is 0 Å². The molecule has 0 bridgehead atoms. The largest absolute Gasteiger partial charge is 0.496 e. The highest BCUT2D eigenvalue weighted by molar-refractivity contribution is 9.10.